The summed E-state index contributed by atoms with van der Waals surface area (Å²) in [7, 11) is 1.50. The zero-order chi connectivity index (χ0) is 17.3. The number of thiophene rings is 1. The molecular weight excluding hydrogens is 350 g/mol. The number of benzene rings is 1. The SMILES string of the molecule is COc1ccc(Cl)cc1NC(=O)Cn1cnc2sc(C)cc2c1=O. The normalized spacial score (nSPS) is 10.8. The molecule has 0 spiro atoms. The van der Waals surface area contributed by atoms with E-state index in [-0.39, 0.29) is 18.0 Å². The first-order valence-electron chi connectivity index (χ1n) is 7.07. The molecule has 0 saturated carbocycles. The predicted octanol–water partition coefficient (Wildman–Crippen LogP) is 3.07. The number of anilines is 1. The highest BCUT2D eigenvalue weighted by Crippen LogP contribution is 2.27. The van der Waals surface area contributed by atoms with Crippen molar-refractivity contribution < 1.29 is 9.53 Å². The van der Waals surface area contributed by atoms with Crippen molar-refractivity contribution in [3.8, 4) is 5.75 Å². The first-order valence-corrected chi connectivity index (χ1v) is 8.26. The van der Waals surface area contributed by atoms with Crippen LogP contribution in [0.3, 0.4) is 0 Å². The molecule has 0 radical (unpaired) electrons. The highest BCUT2D eigenvalue weighted by molar-refractivity contribution is 7.18. The lowest BCUT2D eigenvalue weighted by Crippen LogP contribution is -2.27. The molecule has 0 aliphatic heterocycles. The molecule has 0 aliphatic rings. The van der Waals surface area contributed by atoms with Gasteiger partial charge < -0.3 is 10.1 Å². The van der Waals surface area contributed by atoms with E-state index < -0.39 is 0 Å². The minimum absolute atomic E-state index is 0.146. The van der Waals surface area contributed by atoms with Crippen molar-refractivity contribution in [2.75, 3.05) is 12.4 Å². The zero-order valence-corrected chi connectivity index (χ0v) is 14.6. The number of hydrogen-bond donors (Lipinski definition) is 1. The van der Waals surface area contributed by atoms with E-state index in [1.165, 1.54) is 29.3 Å². The second-order valence-electron chi connectivity index (χ2n) is 5.15. The summed E-state index contributed by atoms with van der Waals surface area (Å²) in [6, 6.07) is 6.69. The van der Waals surface area contributed by atoms with Gasteiger partial charge in [-0.3, -0.25) is 14.2 Å². The van der Waals surface area contributed by atoms with Gasteiger partial charge in [-0.25, -0.2) is 4.98 Å². The van der Waals surface area contributed by atoms with Crippen LogP contribution in [-0.4, -0.2) is 22.6 Å². The largest absolute Gasteiger partial charge is 0.495 e. The van der Waals surface area contributed by atoms with Crippen LogP contribution in [0.15, 0.2) is 35.4 Å². The second kappa shape index (κ2) is 6.62. The lowest BCUT2D eigenvalue weighted by Gasteiger charge is -2.11. The number of hydrogen-bond acceptors (Lipinski definition) is 5. The minimum atomic E-state index is -0.370. The molecule has 0 saturated heterocycles. The molecule has 1 aromatic carbocycles. The van der Waals surface area contributed by atoms with Crippen LogP contribution < -0.4 is 15.6 Å². The summed E-state index contributed by atoms with van der Waals surface area (Å²) >= 11 is 7.39. The highest BCUT2D eigenvalue weighted by Gasteiger charge is 2.12. The molecule has 8 heteroatoms. The quantitative estimate of drug-likeness (QED) is 0.773. The van der Waals surface area contributed by atoms with Gasteiger partial charge >= 0.3 is 0 Å². The van der Waals surface area contributed by atoms with Gasteiger partial charge in [-0.1, -0.05) is 11.6 Å². The van der Waals surface area contributed by atoms with Crippen LogP contribution in [0.2, 0.25) is 5.02 Å². The number of nitrogens with zero attached hydrogens (tertiary/aromatic N) is 2. The summed E-state index contributed by atoms with van der Waals surface area (Å²) in [6.07, 6.45) is 1.38. The van der Waals surface area contributed by atoms with Crippen LogP contribution in [0, 0.1) is 6.92 Å². The molecule has 24 heavy (non-hydrogen) atoms. The molecule has 6 nitrogen and oxygen atoms in total. The molecule has 1 amide bonds. The number of ether oxygens (including phenoxy) is 1. The number of aromatic nitrogens is 2. The molecule has 0 atom stereocenters. The first kappa shape index (κ1) is 16.5. The molecule has 3 rings (SSSR count). The number of halogens is 1. The fourth-order valence-corrected chi connectivity index (χ4v) is 3.33. The average molecular weight is 364 g/mol. The van der Waals surface area contributed by atoms with Crippen LogP contribution in [0.25, 0.3) is 10.2 Å². The Bertz CT molecular complexity index is 980. The summed E-state index contributed by atoms with van der Waals surface area (Å²) in [6.45, 7) is 1.76. The van der Waals surface area contributed by atoms with Gasteiger partial charge in [-0.15, -0.1) is 11.3 Å². The molecule has 0 unspecified atom stereocenters. The van der Waals surface area contributed by atoms with Crippen LogP contribution in [0.5, 0.6) is 5.75 Å². The summed E-state index contributed by atoms with van der Waals surface area (Å²) in [5.74, 6) is 0.118. The van der Waals surface area contributed by atoms with Gasteiger partial charge in [-0.2, -0.15) is 0 Å². The van der Waals surface area contributed by atoms with Crippen molar-refractivity contribution >= 4 is 44.7 Å². The van der Waals surface area contributed by atoms with Crippen molar-refractivity contribution in [1.82, 2.24) is 9.55 Å². The molecule has 0 aliphatic carbocycles. The Morgan fingerprint density at radius 1 is 1.42 bits per heavy atom. The summed E-state index contributed by atoms with van der Waals surface area (Å²) in [5.41, 5.74) is 0.209. The Hall–Kier alpha value is -2.38. The van der Waals surface area contributed by atoms with Crippen LogP contribution in [-0.2, 0) is 11.3 Å². The third kappa shape index (κ3) is 3.27. The Morgan fingerprint density at radius 3 is 2.96 bits per heavy atom. The van der Waals surface area contributed by atoms with E-state index in [2.05, 4.69) is 10.3 Å². The summed E-state index contributed by atoms with van der Waals surface area (Å²) in [5, 5.41) is 3.69. The monoisotopic (exact) mass is 363 g/mol. The number of fused-ring (bicyclic) bond motifs is 1. The number of nitrogens with one attached hydrogen (secondary N) is 1. The van der Waals surface area contributed by atoms with Crippen LogP contribution >= 0.6 is 22.9 Å². The fourth-order valence-electron chi connectivity index (χ4n) is 2.32. The maximum Gasteiger partial charge on any atom is 0.262 e. The van der Waals surface area contributed by atoms with Gasteiger partial charge in [-0.05, 0) is 31.2 Å². The van der Waals surface area contributed by atoms with Crippen molar-refractivity contribution in [3.63, 3.8) is 0 Å². The first-order chi connectivity index (χ1) is 11.5. The van der Waals surface area contributed by atoms with Gasteiger partial charge in [0.2, 0.25) is 5.91 Å². The van der Waals surface area contributed by atoms with Crippen molar-refractivity contribution in [3.05, 3.63) is 50.8 Å². The lowest BCUT2D eigenvalue weighted by atomic mass is 10.3. The van der Waals surface area contributed by atoms with Gasteiger partial charge in [0.05, 0.1) is 24.5 Å². The van der Waals surface area contributed by atoms with E-state index in [1.807, 2.05) is 6.92 Å². The third-order valence-corrected chi connectivity index (χ3v) is 4.58. The Labute approximate surface area is 146 Å². The van der Waals surface area contributed by atoms with Crippen molar-refractivity contribution in [2.24, 2.45) is 0 Å². The molecule has 0 bridgehead atoms. The Balaban J connectivity index is 1.84. The highest BCUT2D eigenvalue weighted by atomic mass is 35.5. The maximum absolute atomic E-state index is 12.4. The number of methoxy groups -OCH3 is 1. The average Bonchev–Trinajstić information content (AvgIpc) is 2.92. The molecule has 2 aromatic heterocycles. The van der Waals surface area contributed by atoms with E-state index in [4.69, 9.17) is 16.3 Å². The molecular formula is C16H14ClN3O3S. The van der Waals surface area contributed by atoms with E-state index in [9.17, 15) is 9.59 Å². The molecule has 1 N–H and O–H groups in total. The fraction of sp³-hybridized carbons (Fsp3) is 0.188. The van der Waals surface area contributed by atoms with E-state index >= 15 is 0 Å². The molecule has 124 valence electrons. The molecule has 2 heterocycles. The third-order valence-electron chi connectivity index (χ3n) is 3.39. The van der Waals surface area contributed by atoms with Crippen molar-refractivity contribution in [1.29, 1.82) is 0 Å². The minimum Gasteiger partial charge on any atom is -0.495 e. The molecule has 0 fully saturated rings. The number of amides is 1. The van der Waals surface area contributed by atoms with Crippen LogP contribution in [0.4, 0.5) is 5.69 Å². The topological polar surface area (TPSA) is 73.2 Å². The lowest BCUT2D eigenvalue weighted by molar-refractivity contribution is -0.116. The van der Waals surface area contributed by atoms with Crippen molar-refractivity contribution in [2.45, 2.75) is 13.5 Å². The van der Waals surface area contributed by atoms with Gasteiger partial charge in [0.15, 0.2) is 0 Å². The predicted molar refractivity (Wildman–Crippen MR) is 95.3 cm³/mol. The van der Waals surface area contributed by atoms with Crippen LogP contribution in [0.1, 0.15) is 4.88 Å². The second-order valence-corrected chi connectivity index (χ2v) is 6.82. The van der Waals surface area contributed by atoms with Gasteiger partial charge in [0.25, 0.3) is 5.56 Å². The standard InChI is InChI=1S/C16H14ClN3O3S/c1-9-5-11-15(24-9)18-8-20(16(11)22)7-14(21)19-12-6-10(17)3-4-13(12)23-2/h3-6,8H,7H2,1-2H3,(H,19,21). The zero-order valence-electron chi connectivity index (χ0n) is 13.0. The van der Waals surface area contributed by atoms with Gasteiger partial charge in [0, 0.05) is 9.90 Å². The van der Waals surface area contributed by atoms with E-state index in [1.54, 1.807) is 24.3 Å². The summed E-state index contributed by atoms with van der Waals surface area (Å²) < 4.78 is 6.46. The van der Waals surface area contributed by atoms with E-state index in [0.29, 0.717) is 26.7 Å². The number of aryl methyl sites for hydroxylation is 1. The number of carbonyl (C=O) groups excluding carboxylic acids is 1. The summed E-state index contributed by atoms with van der Waals surface area (Å²) in [4.78, 5) is 30.6. The number of carbonyl (C=O) groups is 1. The van der Waals surface area contributed by atoms with E-state index in [0.717, 1.165) is 4.88 Å². The Kier molecular flexibility index (Phi) is 4.55. The Morgan fingerprint density at radius 2 is 2.21 bits per heavy atom. The maximum atomic E-state index is 12.4. The van der Waals surface area contributed by atoms with Gasteiger partial charge in [0.1, 0.15) is 17.1 Å². The number of rotatable bonds is 4. The molecule has 3 aromatic rings. The smallest absolute Gasteiger partial charge is 0.262 e.